The maximum atomic E-state index is 12.0. The molecule has 5 heteroatoms. The molecule has 0 atom stereocenters. The van der Waals surface area contributed by atoms with Crippen molar-refractivity contribution in [1.29, 1.82) is 0 Å². The molecule has 1 saturated carbocycles. The molecule has 20 heavy (non-hydrogen) atoms. The number of thioether (sulfide) groups is 1. The van der Waals surface area contributed by atoms with E-state index in [1.54, 1.807) is 12.1 Å². The van der Waals surface area contributed by atoms with E-state index in [0.29, 0.717) is 22.5 Å². The molecule has 0 unspecified atom stereocenters. The quantitative estimate of drug-likeness (QED) is 0.504. The Kier molecular flexibility index (Phi) is 6.05. The maximum Gasteiger partial charge on any atom is 0.230 e. The standard InChI is InChI=1S/C15H21ClN2OS/c16-13-9-12(7-8-14(13)17)20-10-15(19)18-11-5-3-1-2-4-6-11/h7-9,11H,1-6,10,17H2,(H,18,19). The van der Waals surface area contributed by atoms with Crippen molar-refractivity contribution in [3.8, 4) is 0 Å². The molecule has 0 heterocycles. The third-order valence-corrected chi connectivity index (χ3v) is 4.88. The van der Waals surface area contributed by atoms with Crippen LogP contribution in [0.15, 0.2) is 23.1 Å². The summed E-state index contributed by atoms with van der Waals surface area (Å²) in [6.45, 7) is 0. The number of halogens is 1. The van der Waals surface area contributed by atoms with Crippen LogP contribution in [-0.4, -0.2) is 17.7 Å². The summed E-state index contributed by atoms with van der Waals surface area (Å²) in [5, 5.41) is 3.68. The van der Waals surface area contributed by atoms with Gasteiger partial charge in [-0.3, -0.25) is 4.79 Å². The lowest BCUT2D eigenvalue weighted by molar-refractivity contribution is -0.119. The second-order valence-electron chi connectivity index (χ2n) is 5.23. The highest BCUT2D eigenvalue weighted by molar-refractivity contribution is 8.00. The van der Waals surface area contributed by atoms with Crippen LogP contribution < -0.4 is 11.1 Å². The van der Waals surface area contributed by atoms with E-state index in [2.05, 4.69) is 5.32 Å². The van der Waals surface area contributed by atoms with Crippen LogP contribution in [0.4, 0.5) is 5.69 Å². The van der Waals surface area contributed by atoms with E-state index in [0.717, 1.165) is 17.7 Å². The molecule has 1 aliphatic carbocycles. The molecule has 0 aliphatic heterocycles. The van der Waals surface area contributed by atoms with E-state index in [9.17, 15) is 4.79 Å². The van der Waals surface area contributed by atoms with Gasteiger partial charge in [0, 0.05) is 10.9 Å². The highest BCUT2D eigenvalue weighted by Crippen LogP contribution is 2.26. The van der Waals surface area contributed by atoms with E-state index < -0.39 is 0 Å². The molecule has 0 aromatic heterocycles. The lowest BCUT2D eigenvalue weighted by Gasteiger charge is -2.16. The molecular weight excluding hydrogens is 292 g/mol. The molecule has 0 saturated heterocycles. The molecule has 3 N–H and O–H groups in total. The van der Waals surface area contributed by atoms with Crippen molar-refractivity contribution >= 4 is 35.0 Å². The van der Waals surface area contributed by atoms with Crippen LogP contribution in [-0.2, 0) is 4.79 Å². The molecule has 1 amide bonds. The van der Waals surface area contributed by atoms with E-state index in [1.807, 2.05) is 6.07 Å². The van der Waals surface area contributed by atoms with E-state index in [4.69, 9.17) is 17.3 Å². The van der Waals surface area contributed by atoms with Crippen molar-refractivity contribution in [1.82, 2.24) is 5.32 Å². The van der Waals surface area contributed by atoms with Gasteiger partial charge in [-0.15, -0.1) is 11.8 Å². The Labute approximate surface area is 129 Å². The zero-order valence-corrected chi connectivity index (χ0v) is 13.1. The number of nitrogen functional groups attached to an aromatic ring is 1. The van der Waals surface area contributed by atoms with Crippen molar-refractivity contribution in [3.63, 3.8) is 0 Å². The summed E-state index contributed by atoms with van der Waals surface area (Å²) in [5.41, 5.74) is 6.23. The van der Waals surface area contributed by atoms with Crippen molar-refractivity contribution in [2.45, 2.75) is 49.5 Å². The molecule has 110 valence electrons. The molecule has 1 aromatic carbocycles. The van der Waals surface area contributed by atoms with E-state index in [1.165, 1.54) is 37.4 Å². The summed E-state index contributed by atoms with van der Waals surface area (Å²) < 4.78 is 0. The van der Waals surface area contributed by atoms with Gasteiger partial charge in [0.25, 0.3) is 0 Å². The molecule has 3 nitrogen and oxygen atoms in total. The summed E-state index contributed by atoms with van der Waals surface area (Å²) in [4.78, 5) is 12.9. The lowest BCUT2D eigenvalue weighted by Crippen LogP contribution is -2.35. The first kappa shape index (κ1) is 15.5. The van der Waals surface area contributed by atoms with Crippen LogP contribution in [0.3, 0.4) is 0 Å². The van der Waals surface area contributed by atoms with Gasteiger partial charge in [0.15, 0.2) is 0 Å². The maximum absolute atomic E-state index is 12.0. The zero-order chi connectivity index (χ0) is 14.4. The molecule has 2 rings (SSSR count). The number of carbonyl (C=O) groups is 1. The number of carbonyl (C=O) groups excluding carboxylic acids is 1. The van der Waals surface area contributed by atoms with Gasteiger partial charge in [-0.05, 0) is 31.0 Å². The Balaban J connectivity index is 1.77. The first-order valence-corrected chi connectivity index (χ1v) is 8.48. The number of rotatable bonds is 4. The fourth-order valence-corrected chi connectivity index (χ4v) is 3.43. The lowest BCUT2D eigenvalue weighted by atomic mass is 10.1. The van der Waals surface area contributed by atoms with Gasteiger partial charge in [-0.2, -0.15) is 0 Å². The van der Waals surface area contributed by atoms with Crippen LogP contribution in [0.5, 0.6) is 0 Å². The molecule has 0 bridgehead atoms. The van der Waals surface area contributed by atoms with E-state index in [-0.39, 0.29) is 5.91 Å². The predicted molar refractivity (Wildman–Crippen MR) is 86.2 cm³/mol. The third kappa shape index (κ3) is 4.91. The number of amides is 1. The average Bonchev–Trinajstić information content (AvgIpc) is 2.69. The van der Waals surface area contributed by atoms with Gasteiger partial charge in [0.1, 0.15) is 0 Å². The smallest absolute Gasteiger partial charge is 0.230 e. The van der Waals surface area contributed by atoms with Gasteiger partial charge in [-0.1, -0.05) is 37.3 Å². The zero-order valence-electron chi connectivity index (χ0n) is 11.5. The fraction of sp³-hybridized carbons (Fsp3) is 0.533. The van der Waals surface area contributed by atoms with Gasteiger partial charge in [0.2, 0.25) is 5.91 Å². The Morgan fingerprint density at radius 1 is 1.30 bits per heavy atom. The first-order valence-electron chi connectivity index (χ1n) is 7.12. The largest absolute Gasteiger partial charge is 0.398 e. The number of nitrogens with two attached hydrogens (primary N) is 1. The van der Waals surface area contributed by atoms with Crippen LogP contribution >= 0.6 is 23.4 Å². The number of hydrogen-bond donors (Lipinski definition) is 2. The number of anilines is 1. The van der Waals surface area contributed by atoms with E-state index >= 15 is 0 Å². The average molecular weight is 313 g/mol. The highest BCUT2D eigenvalue weighted by Gasteiger charge is 2.14. The number of benzene rings is 1. The summed E-state index contributed by atoms with van der Waals surface area (Å²) >= 11 is 7.46. The minimum Gasteiger partial charge on any atom is -0.398 e. The summed E-state index contributed by atoms with van der Waals surface area (Å²) in [5.74, 6) is 0.534. The Hall–Kier alpha value is -0.870. The van der Waals surface area contributed by atoms with Crippen molar-refractivity contribution in [2.75, 3.05) is 11.5 Å². The molecule has 0 radical (unpaired) electrons. The highest BCUT2D eigenvalue weighted by atomic mass is 35.5. The number of hydrogen-bond acceptors (Lipinski definition) is 3. The second-order valence-corrected chi connectivity index (χ2v) is 6.68. The van der Waals surface area contributed by atoms with Crippen LogP contribution in [0.25, 0.3) is 0 Å². The van der Waals surface area contributed by atoms with Gasteiger partial charge >= 0.3 is 0 Å². The number of nitrogens with one attached hydrogen (secondary N) is 1. The van der Waals surface area contributed by atoms with Crippen LogP contribution in [0.1, 0.15) is 38.5 Å². The molecular formula is C15H21ClN2OS. The molecule has 1 aromatic rings. The van der Waals surface area contributed by atoms with Gasteiger partial charge in [-0.25, -0.2) is 0 Å². The van der Waals surface area contributed by atoms with Crippen molar-refractivity contribution in [3.05, 3.63) is 23.2 Å². The minimum atomic E-state index is 0.106. The first-order chi connectivity index (χ1) is 9.65. The molecule has 1 fully saturated rings. The SMILES string of the molecule is Nc1ccc(SCC(=O)NC2CCCCCC2)cc1Cl. The summed E-state index contributed by atoms with van der Waals surface area (Å²) in [6, 6.07) is 5.83. The fourth-order valence-electron chi connectivity index (χ4n) is 2.44. The molecule has 1 aliphatic rings. The van der Waals surface area contributed by atoms with Crippen molar-refractivity contribution < 1.29 is 4.79 Å². The minimum absolute atomic E-state index is 0.106. The third-order valence-electron chi connectivity index (χ3n) is 3.56. The van der Waals surface area contributed by atoms with Crippen molar-refractivity contribution in [2.24, 2.45) is 0 Å². The topological polar surface area (TPSA) is 55.1 Å². The second kappa shape index (κ2) is 7.79. The summed E-state index contributed by atoms with van der Waals surface area (Å²) in [6.07, 6.45) is 7.28. The van der Waals surface area contributed by atoms with Crippen LogP contribution in [0.2, 0.25) is 5.02 Å². The van der Waals surface area contributed by atoms with Gasteiger partial charge in [0.05, 0.1) is 16.5 Å². The Morgan fingerprint density at radius 2 is 2.00 bits per heavy atom. The Morgan fingerprint density at radius 3 is 2.65 bits per heavy atom. The van der Waals surface area contributed by atoms with Crippen LogP contribution in [0, 0.1) is 0 Å². The molecule has 0 spiro atoms. The normalized spacial score (nSPS) is 16.6. The monoisotopic (exact) mass is 312 g/mol. The van der Waals surface area contributed by atoms with Gasteiger partial charge < -0.3 is 11.1 Å². The summed E-state index contributed by atoms with van der Waals surface area (Å²) in [7, 11) is 0. The predicted octanol–water partition coefficient (Wildman–Crippen LogP) is 3.85. The Bertz CT molecular complexity index is 459.